The molecule has 0 aliphatic heterocycles. The first-order chi connectivity index (χ1) is 6.13. The van der Waals surface area contributed by atoms with Crippen molar-refractivity contribution in [2.24, 2.45) is 5.92 Å². The van der Waals surface area contributed by atoms with Crippen LogP contribution in [0.1, 0.15) is 39.5 Å². The summed E-state index contributed by atoms with van der Waals surface area (Å²) in [5.74, 6) is 0.0983. The first-order valence-corrected chi connectivity index (χ1v) is 5.16. The maximum absolute atomic E-state index is 13.0. The van der Waals surface area contributed by atoms with E-state index in [4.69, 9.17) is 0 Å². The van der Waals surface area contributed by atoms with E-state index in [1.165, 1.54) is 0 Å². The Kier molecular flexibility index (Phi) is 3.65. The molecule has 0 saturated heterocycles. The smallest absolute Gasteiger partial charge is 0.256 e. The fourth-order valence-electron chi connectivity index (χ4n) is 2.37. The molecule has 1 aliphatic carbocycles. The molecule has 0 radical (unpaired) electrons. The quantitative estimate of drug-likeness (QED) is 0.723. The molecule has 1 N–H and O–H groups in total. The normalized spacial score (nSPS) is 35.3. The van der Waals surface area contributed by atoms with Gasteiger partial charge in [0.2, 0.25) is 0 Å². The number of halogens is 2. The highest BCUT2D eigenvalue weighted by Crippen LogP contribution is 2.37. The lowest BCUT2D eigenvalue weighted by Gasteiger charge is -2.42. The van der Waals surface area contributed by atoms with Crippen molar-refractivity contribution in [1.29, 1.82) is 0 Å². The molecular formula is C10H19F2N. The molecule has 1 saturated carbocycles. The third kappa shape index (κ3) is 2.01. The van der Waals surface area contributed by atoms with Crippen LogP contribution in [0.4, 0.5) is 8.78 Å². The summed E-state index contributed by atoms with van der Waals surface area (Å²) < 4.78 is 25.9. The first kappa shape index (κ1) is 10.9. The first-order valence-electron chi connectivity index (χ1n) is 5.16. The summed E-state index contributed by atoms with van der Waals surface area (Å²) in [5.41, 5.74) is -0.896. The van der Waals surface area contributed by atoms with E-state index < -0.39 is 12.0 Å². The average molecular weight is 191 g/mol. The minimum absolute atomic E-state index is 0.0983. The highest BCUT2D eigenvalue weighted by Gasteiger charge is 2.45. The van der Waals surface area contributed by atoms with E-state index >= 15 is 0 Å². The lowest BCUT2D eigenvalue weighted by Crippen LogP contribution is -2.57. The molecule has 13 heavy (non-hydrogen) atoms. The molecule has 0 aromatic heterocycles. The van der Waals surface area contributed by atoms with E-state index in [1.807, 2.05) is 13.8 Å². The highest BCUT2D eigenvalue weighted by atomic mass is 19.3. The van der Waals surface area contributed by atoms with E-state index in [0.717, 1.165) is 19.3 Å². The van der Waals surface area contributed by atoms with Crippen molar-refractivity contribution in [2.45, 2.75) is 51.5 Å². The predicted molar refractivity (Wildman–Crippen MR) is 50.0 cm³/mol. The standard InChI is InChI=1S/C10H19F2N/c1-3-13-10(9(11)12)7-5-4-6-8(10)2/h8-9,13H,3-7H2,1-2H3. The second-order valence-electron chi connectivity index (χ2n) is 4.02. The van der Waals surface area contributed by atoms with Crippen LogP contribution in [0.2, 0.25) is 0 Å². The Morgan fingerprint density at radius 2 is 2.15 bits per heavy atom. The van der Waals surface area contributed by atoms with Gasteiger partial charge in [0.25, 0.3) is 6.43 Å². The topological polar surface area (TPSA) is 12.0 Å². The third-order valence-corrected chi connectivity index (χ3v) is 3.25. The molecule has 78 valence electrons. The lowest BCUT2D eigenvalue weighted by atomic mass is 9.74. The van der Waals surface area contributed by atoms with Gasteiger partial charge in [-0.15, -0.1) is 0 Å². The SMILES string of the molecule is CCNC1(C(F)F)CCCCC1C. The summed E-state index contributed by atoms with van der Waals surface area (Å²) in [6.07, 6.45) is 1.35. The summed E-state index contributed by atoms with van der Waals surface area (Å²) in [5, 5.41) is 3.00. The molecule has 2 atom stereocenters. The van der Waals surface area contributed by atoms with Crippen LogP contribution in [0.5, 0.6) is 0 Å². The van der Waals surface area contributed by atoms with Crippen LogP contribution in [-0.2, 0) is 0 Å². The van der Waals surface area contributed by atoms with Crippen LogP contribution in [0.15, 0.2) is 0 Å². The van der Waals surface area contributed by atoms with E-state index in [1.54, 1.807) is 0 Å². The Balaban J connectivity index is 2.73. The molecule has 0 spiro atoms. The zero-order valence-electron chi connectivity index (χ0n) is 8.45. The van der Waals surface area contributed by atoms with Gasteiger partial charge in [-0.1, -0.05) is 26.7 Å². The summed E-state index contributed by atoms with van der Waals surface area (Å²) in [7, 11) is 0. The monoisotopic (exact) mass is 191 g/mol. The predicted octanol–water partition coefficient (Wildman–Crippen LogP) is 2.81. The fourth-order valence-corrected chi connectivity index (χ4v) is 2.37. The van der Waals surface area contributed by atoms with Crippen molar-refractivity contribution in [3.8, 4) is 0 Å². The Labute approximate surface area is 78.9 Å². The van der Waals surface area contributed by atoms with Crippen LogP contribution in [0, 0.1) is 5.92 Å². The minimum atomic E-state index is -2.23. The highest BCUT2D eigenvalue weighted by molar-refractivity contribution is 4.97. The molecule has 3 heteroatoms. The van der Waals surface area contributed by atoms with E-state index in [9.17, 15) is 8.78 Å². The Hall–Kier alpha value is -0.180. The number of hydrogen-bond acceptors (Lipinski definition) is 1. The fraction of sp³-hybridized carbons (Fsp3) is 1.00. The molecule has 0 amide bonds. The Morgan fingerprint density at radius 1 is 1.46 bits per heavy atom. The van der Waals surface area contributed by atoms with Crippen molar-refractivity contribution < 1.29 is 8.78 Å². The molecule has 0 heterocycles. The summed E-state index contributed by atoms with van der Waals surface area (Å²) in [4.78, 5) is 0. The zero-order chi connectivity index (χ0) is 9.90. The van der Waals surface area contributed by atoms with Crippen molar-refractivity contribution in [3.63, 3.8) is 0 Å². The van der Waals surface area contributed by atoms with Gasteiger partial charge in [0, 0.05) is 0 Å². The number of alkyl halides is 2. The summed E-state index contributed by atoms with van der Waals surface area (Å²) in [6.45, 7) is 4.47. The van der Waals surface area contributed by atoms with E-state index in [2.05, 4.69) is 5.32 Å². The van der Waals surface area contributed by atoms with Crippen molar-refractivity contribution >= 4 is 0 Å². The van der Waals surface area contributed by atoms with Gasteiger partial charge in [0.1, 0.15) is 0 Å². The van der Waals surface area contributed by atoms with Crippen LogP contribution in [-0.4, -0.2) is 18.5 Å². The van der Waals surface area contributed by atoms with Crippen LogP contribution < -0.4 is 5.32 Å². The van der Waals surface area contributed by atoms with E-state index in [-0.39, 0.29) is 5.92 Å². The third-order valence-electron chi connectivity index (χ3n) is 3.25. The Morgan fingerprint density at radius 3 is 2.62 bits per heavy atom. The van der Waals surface area contributed by atoms with Gasteiger partial charge in [0.05, 0.1) is 5.54 Å². The van der Waals surface area contributed by atoms with Gasteiger partial charge in [0.15, 0.2) is 0 Å². The number of hydrogen-bond donors (Lipinski definition) is 1. The van der Waals surface area contributed by atoms with Crippen molar-refractivity contribution in [2.75, 3.05) is 6.54 Å². The second kappa shape index (κ2) is 4.36. The molecule has 0 aromatic carbocycles. The second-order valence-corrected chi connectivity index (χ2v) is 4.02. The van der Waals surface area contributed by atoms with Crippen LogP contribution in [0.3, 0.4) is 0 Å². The van der Waals surface area contributed by atoms with Gasteiger partial charge in [-0.25, -0.2) is 8.78 Å². The molecule has 1 aliphatic rings. The van der Waals surface area contributed by atoms with Gasteiger partial charge in [-0.3, -0.25) is 0 Å². The molecule has 1 nitrogen and oxygen atoms in total. The van der Waals surface area contributed by atoms with Crippen molar-refractivity contribution in [3.05, 3.63) is 0 Å². The maximum atomic E-state index is 13.0. The summed E-state index contributed by atoms with van der Waals surface area (Å²) >= 11 is 0. The Bertz CT molecular complexity index is 157. The largest absolute Gasteiger partial charge is 0.306 e. The average Bonchev–Trinajstić information content (AvgIpc) is 2.09. The van der Waals surface area contributed by atoms with E-state index in [0.29, 0.717) is 13.0 Å². The van der Waals surface area contributed by atoms with Crippen molar-refractivity contribution in [1.82, 2.24) is 5.32 Å². The zero-order valence-corrected chi connectivity index (χ0v) is 8.45. The number of nitrogens with one attached hydrogen (secondary N) is 1. The molecular weight excluding hydrogens is 172 g/mol. The van der Waals surface area contributed by atoms with Crippen LogP contribution in [0.25, 0.3) is 0 Å². The van der Waals surface area contributed by atoms with Gasteiger partial charge < -0.3 is 5.32 Å². The summed E-state index contributed by atoms with van der Waals surface area (Å²) in [6, 6.07) is 0. The number of rotatable bonds is 3. The van der Waals surface area contributed by atoms with Gasteiger partial charge in [-0.05, 0) is 25.3 Å². The minimum Gasteiger partial charge on any atom is -0.306 e. The molecule has 0 bridgehead atoms. The van der Waals surface area contributed by atoms with Gasteiger partial charge >= 0.3 is 0 Å². The van der Waals surface area contributed by atoms with Gasteiger partial charge in [-0.2, -0.15) is 0 Å². The maximum Gasteiger partial charge on any atom is 0.256 e. The van der Waals surface area contributed by atoms with Crippen LogP contribution >= 0.6 is 0 Å². The molecule has 1 rings (SSSR count). The molecule has 0 aromatic rings. The molecule has 1 fully saturated rings. The molecule has 2 unspecified atom stereocenters. The lowest BCUT2D eigenvalue weighted by molar-refractivity contribution is -0.0234.